The third kappa shape index (κ3) is 3.83. The fourth-order valence-electron chi connectivity index (χ4n) is 3.34. The Labute approximate surface area is 186 Å². The Morgan fingerprint density at radius 3 is 2.81 bits per heavy atom. The number of hydrogen-bond acceptors (Lipinski definition) is 5. The van der Waals surface area contributed by atoms with Crippen LogP contribution in [0.4, 0.5) is 10.1 Å². The van der Waals surface area contributed by atoms with Crippen molar-refractivity contribution in [2.24, 2.45) is 0 Å². The molecule has 9 heteroatoms. The average Bonchev–Trinajstić information content (AvgIpc) is 3.47. The second-order valence-corrected chi connectivity index (χ2v) is 7.41. The number of halogens is 2. The lowest BCUT2D eigenvalue weighted by molar-refractivity contribution is 0.102. The Kier molecular flexibility index (Phi) is 5.12. The molecule has 0 bridgehead atoms. The Morgan fingerprint density at radius 1 is 1.16 bits per heavy atom. The van der Waals surface area contributed by atoms with Gasteiger partial charge >= 0.3 is 0 Å². The molecule has 4 heterocycles. The van der Waals surface area contributed by atoms with Gasteiger partial charge in [-0.25, -0.2) is 14.1 Å². The predicted octanol–water partition coefficient (Wildman–Crippen LogP) is 5.18. The first-order valence-electron chi connectivity index (χ1n) is 9.64. The summed E-state index contributed by atoms with van der Waals surface area (Å²) in [6.07, 6.45) is 6.50. The number of pyridine rings is 2. The van der Waals surface area contributed by atoms with Crippen LogP contribution in [0.2, 0.25) is 5.02 Å². The van der Waals surface area contributed by atoms with E-state index in [9.17, 15) is 9.18 Å². The molecule has 0 atom stereocenters. The summed E-state index contributed by atoms with van der Waals surface area (Å²) in [7, 11) is 0. The summed E-state index contributed by atoms with van der Waals surface area (Å²) >= 11 is 5.85. The van der Waals surface area contributed by atoms with Crippen LogP contribution in [-0.2, 0) is 6.54 Å². The van der Waals surface area contributed by atoms with Gasteiger partial charge in [0.15, 0.2) is 5.65 Å². The van der Waals surface area contributed by atoms with Crippen LogP contribution in [0.25, 0.3) is 22.3 Å². The summed E-state index contributed by atoms with van der Waals surface area (Å²) < 4.78 is 20.6. The highest BCUT2D eigenvalue weighted by atomic mass is 35.5. The minimum absolute atomic E-state index is 0.0787. The highest BCUT2D eigenvalue weighted by Gasteiger charge is 2.19. The standard InChI is InChI=1S/C23H15ClFN5O2/c24-19-9-15(5-6-20(19)25)28-23(31)17-10-21(14-3-1-7-26-11-14)29-22-18(17)12-27-30(22)13-16-4-2-8-32-16/h1-12H,13H2,(H,28,31). The first-order chi connectivity index (χ1) is 15.6. The van der Waals surface area contributed by atoms with E-state index >= 15 is 0 Å². The monoisotopic (exact) mass is 447 g/mol. The molecule has 0 saturated heterocycles. The summed E-state index contributed by atoms with van der Waals surface area (Å²) in [4.78, 5) is 22.1. The van der Waals surface area contributed by atoms with E-state index in [0.29, 0.717) is 40.3 Å². The van der Waals surface area contributed by atoms with Crippen LogP contribution in [0.15, 0.2) is 77.8 Å². The second-order valence-electron chi connectivity index (χ2n) is 7.00. The molecule has 0 fully saturated rings. The smallest absolute Gasteiger partial charge is 0.256 e. The number of carbonyl (C=O) groups excluding carboxylic acids is 1. The van der Waals surface area contributed by atoms with Crippen molar-refractivity contribution in [3.05, 3.63) is 95.5 Å². The van der Waals surface area contributed by atoms with Crippen molar-refractivity contribution in [2.45, 2.75) is 6.54 Å². The lowest BCUT2D eigenvalue weighted by Crippen LogP contribution is -2.13. The molecule has 0 saturated carbocycles. The molecule has 0 aliphatic rings. The van der Waals surface area contributed by atoms with Gasteiger partial charge in [0.25, 0.3) is 5.91 Å². The SMILES string of the molecule is O=C(Nc1ccc(F)c(Cl)c1)c1cc(-c2cccnc2)nc2c1cnn2Cc1ccco1. The Balaban J connectivity index is 1.60. The number of carbonyl (C=O) groups is 1. The average molecular weight is 448 g/mol. The van der Waals surface area contributed by atoms with Gasteiger partial charge in [0, 0.05) is 23.6 Å². The zero-order chi connectivity index (χ0) is 22.1. The van der Waals surface area contributed by atoms with Gasteiger partial charge in [0.2, 0.25) is 0 Å². The molecule has 7 nitrogen and oxygen atoms in total. The molecule has 32 heavy (non-hydrogen) atoms. The van der Waals surface area contributed by atoms with Crippen LogP contribution in [0, 0.1) is 5.82 Å². The summed E-state index contributed by atoms with van der Waals surface area (Å²) in [5.41, 5.74) is 2.57. The van der Waals surface area contributed by atoms with Gasteiger partial charge in [-0.15, -0.1) is 0 Å². The number of amides is 1. The van der Waals surface area contributed by atoms with Gasteiger partial charge in [-0.1, -0.05) is 11.6 Å². The van der Waals surface area contributed by atoms with Crippen LogP contribution in [0.1, 0.15) is 16.1 Å². The van der Waals surface area contributed by atoms with Gasteiger partial charge in [0.1, 0.15) is 18.1 Å². The summed E-state index contributed by atoms with van der Waals surface area (Å²) in [6.45, 7) is 0.356. The Hall–Kier alpha value is -4.04. The van der Waals surface area contributed by atoms with E-state index in [1.807, 2.05) is 12.1 Å². The molecule has 0 aliphatic carbocycles. The predicted molar refractivity (Wildman–Crippen MR) is 118 cm³/mol. The van der Waals surface area contributed by atoms with Crippen LogP contribution in [0.3, 0.4) is 0 Å². The number of furan rings is 1. The maximum atomic E-state index is 13.5. The highest BCUT2D eigenvalue weighted by molar-refractivity contribution is 6.31. The molecule has 5 aromatic rings. The molecule has 1 N–H and O–H groups in total. The van der Waals surface area contributed by atoms with E-state index in [2.05, 4.69) is 15.4 Å². The van der Waals surface area contributed by atoms with E-state index in [1.165, 1.54) is 18.2 Å². The van der Waals surface area contributed by atoms with Crippen molar-refractivity contribution in [1.82, 2.24) is 19.7 Å². The molecule has 5 rings (SSSR count). The summed E-state index contributed by atoms with van der Waals surface area (Å²) in [5, 5.41) is 7.66. The number of hydrogen-bond donors (Lipinski definition) is 1. The molecule has 0 aliphatic heterocycles. The van der Waals surface area contributed by atoms with E-state index in [-0.39, 0.29) is 5.02 Å². The molecule has 158 valence electrons. The molecular weight excluding hydrogens is 433 g/mol. The van der Waals surface area contributed by atoms with Crippen LogP contribution < -0.4 is 5.32 Å². The fraction of sp³-hybridized carbons (Fsp3) is 0.0435. The van der Waals surface area contributed by atoms with Gasteiger partial charge in [-0.2, -0.15) is 5.10 Å². The summed E-state index contributed by atoms with van der Waals surface area (Å²) in [5.74, 6) is -0.257. The third-order valence-corrected chi connectivity index (χ3v) is 5.16. The van der Waals surface area contributed by atoms with Crippen LogP contribution in [-0.4, -0.2) is 25.7 Å². The van der Waals surface area contributed by atoms with Crippen molar-refractivity contribution < 1.29 is 13.6 Å². The maximum absolute atomic E-state index is 13.5. The zero-order valence-corrected chi connectivity index (χ0v) is 17.3. The first-order valence-corrected chi connectivity index (χ1v) is 10.0. The van der Waals surface area contributed by atoms with Crippen molar-refractivity contribution in [3.8, 4) is 11.3 Å². The number of anilines is 1. The van der Waals surface area contributed by atoms with Crippen LogP contribution >= 0.6 is 11.6 Å². The first kappa shape index (κ1) is 19.9. The Bertz CT molecular complexity index is 1420. The number of aromatic nitrogens is 4. The van der Waals surface area contributed by atoms with E-state index in [0.717, 1.165) is 5.56 Å². The highest BCUT2D eigenvalue weighted by Crippen LogP contribution is 2.26. The number of nitrogens with zero attached hydrogens (tertiary/aromatic N) is 4. The molecule has 4 aromatic heterocycles. The lowest BCUT2D eigenvalue weighted by Gasteiger charge is -2.10. The molecule has 0 radical (unpaired) electrons. The van der Waals surface area contributed by atoms with E-state index in [4.69, 9.17) is 21.0 Å². The number of nitrogens with one attached hydrogen (secondary N) is 1. The van der Waals surface area contributed by atoms with Crippen molar-refractivity contribution >= 4 is 34.2 Å². The minimum atomic E-state index is -0.561. The van der Waals surface area contributed by atoms with Crippen molar-refractivity contribution in [3.63, 3.8) is 0 Å². The third-order valence-electron chi connectivity index (χ3n) is 4.87. The largest absolute Gasteiger partial charge is 0.467 e. The summed E-state index contributed by atoms with van der Waals surface area (Å²) in [6, 6.07) is 13.0. The molecular formula is C23H15ClFN5O2. The number of fused-ring (bicyclic) bond motifs is 1. The topological polar surface area (TPSA) is 85.8 Å². The van der Waals surface area contributed by atoms with Crippen LogP contribution in [0.5, 0.6) is 0 Å². The van der Waals surface area contributed by atoms with Crippen molar-refractivity contribution in [2.75, 3.05) is 5.32 Å². The second kappa shape index (κ2) is 8.24. The van der Waals surface area contributed by atoms with Gasteiger partial charge in [0.05, 0.1) is 34.1 Å². The lowest BCUT2D eigenvalue weighted by atomic mass is 10.1. The quantitative estimate of drug-likeness (QED) is 0.401. The molecule has 1 amide bonds. The molecule has 1 aromatic carbocycles. The molecule has 0 unspecified atom stereocenters. The fourth-order valence-corrected chi connectivity index (χ4v) is 3.52. The van der Waals surface area contributed by atoms with Gasteiger partial charge in [-0.3, -0.25) is 9.78 Å². The van der Waals surface area contributed by atoms with E-state index in [1.54, 1.807) is 47.7 Å². The Morgan fingerprint density at radius 2 is 2.06 bits per heavy atom. The normalized spacial score (nSPS) is 11.1. The van der Waals surface area contributed by atoms with Crippen molar-refractivity contribution in [1.29, 1.82) is 0 Å². The van der Waals surface area contributed by atoms with Gasteiger partial charge < -0.3 is 9.73 Å². The number of rotatable bonds is 5. The zero-order valence-electron chi connectivity index (χ0n) is 16.5. The van der Waals surface area contributed by atoms with Gasteiger partial charge in [-0.05, 0) is 48.5 Å². The minimum Gasteiger partial charge on any atom is -0.467 e. The molecule has 0 spiro atoms. The van der Waals surface area contributed by atoms with E-state index < -0.39 is 11.7 Å². The number of benzene rings is 1. The maximum Gasteiger partial charge on any atom is 0.256 e.